The Bertz CT molecular complexity index is 932. The first-order chi connectivity index (χ1) is 23.4. The Balaban J connectivity index is 2.58. The second kappa shape index (κ2) is 27.3. The third-order valence-corrected chi connectivity index (χ3v) is 9.59. The van der Waals surface area contributed by atoms with Crippen molar-refractivity contribution >= 4 is 19.8 Å². The molecule has 8 atom stereocenters. The fourth-order valence-electron chi connectivity index (χ4n) is 5.50. The van der Waals surface area contributed by atoms with Gasteiger partial charge in [0.1, 0.15) is 43.2 Å². The molecule has 0 bridgehead atoms. The summed E-state index contributed by atoms with van der Waals surface area (Å²) in [7, 11) is -5.10. The second-order valence-electron chi connectivity index (χ2n) is 13.1. The zero-order valence-corrected chi connectivity index (χ0v) is 30.6. The van der Waals surface area contributed by atoms with Crippen molar-refractivity contribution in [2.24, 2.45) is 0 Å². The molecule has 0 aromatic rings. The molecule has 0 radical (unpaired) electrons. The summed E-state index contributed by atoms with van der Waals surface area (Å²) in [5, 5.41) is 49.8. The van der Waals surface area contributed by atoms with Gasteiger partial charge in [-0.05, 0) is 32.1 Å². The molecule has 6 N–H and O–H groups in total. The van der Waals surface area contributed by atoms with Crippen molar-refractivity contribution < 1.29 is 63.1 Å². The maximum atomic E-state index is 12.7. The number of carbonyl (C=O) groups is 2. The van der Waals surface area contributed by atoms with Crippen LogP contribution in [0.15, 0.2) is 12.2 Å². The molecule has 0 heterocycles. The summed E-state index contributed by atoms with van der Waals surface area (Å²) in [6, 6.07) is 0. The molecule has 0 aliphatic heterocycles. The molecule has 49 heavy (non-hydrogen) atoms. The van der Waals surface area contributed by atoms with Crippen molar-refractivity contribution in [3.8, 4) is 0 Å². The number of carbonyl (C=O) groups excluding carboxylic acids is 2. The van der Waals surface area contributed by atoms with E-state index in [4.69, 9.17) is 18.5 Å². The van der Waals surface area contributed by atoms with Crippen molar-refractivity contribution in [1.29, 1.82) is 0 Å². The SMILES string of the molecule is CCCC/C=C/CCCCCCCC(=O)O[C@H](COC(=O)CCCCCCCCCCC)COP(=O)(O)OC1C(O)C(O)C(O)[C@@H](O)C1O. The fraction of sp³-hybridized carbons (Fsp3) is 0.886. The zero-order valence-electron chi connectivity index (χ0n) is 29.7. The van der Waals surface area contributed by atoms with Crippen molar-refractivity contribution in [3.05, 3.63) is 12.2 Å². The van der Waals surface area contributed by atoms with Gasteiger partial charge in [0.2, 0.25) is 0 Å². The lowest BCUT2D eigenvalue weighted by Crippen LogP contribution is -2.64. The molecule has 1 saturated carbocycles. The highest BCUT2D eigenvalue weighted by atomic mass is 31.2. The molecule has 1 fully saturated rings. The molecule has 0 spiro atoms. The van der Waals surface area contributed by atoms with E-state index in [0.29, 0.717) is 12.8 Å². The van der Waals surface area contributed by atoms with E-state index in [1.54, 1.807) is 0 Å². The molecule has 0 saturated heterocycles. The lowest BCUT2D eigenvalue weighted by atomic mass is 9.85. The Kier molecular flexibility index (Phi) is 25.4. The fourth-order valence-corrected chi connectivity index (χ4v) is 6.47. The number of allylic oxidation sites excluding steroid dienone is 2. The minimum Gasteiger partial charge on any atom is -0.462 e. The normalized spacial score (nSPS) is 24.5. The molecular formula is C35H65O13P. The van der Waals surface area contributed by atoms with E-state index in [9.17, 15) is 44.6 Å². The van der Waals surface area contributed by atoms with Gasteiger partial charge in [-0.25, -0.2) is 4.57 Å². The second-order valence-corrected chi connectivity index (χ2v) is 14.5. The van der Waals surface area contributed by atoms with E-state index >= 15 is 0 Å². The predicted octanol–water partition coefficient (Wildman–Crippen LogP) is 5.16. The molecule has 288 valence electrons. The average Bonchev–Trinajstić information content (AvgIpc) is 3.07. The van der Waals surface area contributed by atoms with Gasteiger partial charge in [-0.3, -0.25) is 18.6 Å². The predicted molar refractivity (Wildman–Crippen MR) is 184 cm³/mol. The number of phosphoric acid groups is 1. The van der Waals surface area contributed by atoms with Gasteiger partial charge in [-0.2, -0.15) is 0 Å². The minimum atomic E-state index is -5.10. The van der Waals surface area contributed by atoms with E-state index in [0.717, 1.165) is 57.8 Å². The van der Waals surface area contributed by atoms with Crippen LogP contribution in [0.3, 0.4) is 0 Å². The van der Waals surface area contributed by atoms with Gasteiger partial charge >= 0.3 is 19.8 Å². The van der Waals surface area contributed by atoms with Crippen LogP contribution in [0.2, 0.25) is 0 Å². The van der Waals surface area contributed by atoms with Crippen LogP contribution >= 0.6 is 7.82 Å². The van der Waals surface area contributed by atoms with E-state index in [1.165, 1.54) is 44.9 Å². The molecule has 0 amide bonds. The summed E-state index contributed by atoms with van der Waals surface area (Å²) >= 11 is 0. The topological polar surface area (TPSA) is 210 Å². The summed E-state index contributed by atoms with van der Waals surface area (Å²) in [5.74, 6) is -1.11. The number of phosphoric ester groups is 1. The van der Waals surface area contributed by atoms with Gasteiger partial charge < -0.3 is 39.9 Å². The van der Waals surface area contributed by atoms with Gasteiger partial charge in [0, 0.05) is 12.8 Å². The Morgan fingerprint density at radius 3 is 1.61 bits per heavy atom. The van der Waals surface area contributed by atoms with Crippen LogP contribution in [0.1, 0.15) is 142 Å². The highest BCUT2D eigenvalue weighted by Gasteiger charge is 2.51. The summed E-state index contributed by atoms with van der Waals surface area (Å²) < 4.78 is 33.2. The molecule has 1 aliphatic carbocycles. The largest absolute Gasteiger partial charge is 0.472 e. The van der Waals surface area contributed by atoms with Gasteiger partial charge in [0.05, 0.1) is 6.61 Å². The van der Waals surface area contributed by atoms with Gasteiger partial charge in [-0.15, -0.1) is 0 Å². The molecule has 0 aromatic carbocycles. The molecule has 14 heteroatoms. The van der Waals surface area contributed by atoms with E-state index in [-0.39, 0.29) is 12.8 Å². The van der Waals surface area contributed by atoms with Crippen molar-refractivity contribution in [1.82, 2.24) is 0 Å². The number of aliphatic hydroxyl groups is 5. The van der Waals surface area contributed by atoms with E-state index < -0.39 is 75.7 Å². The standard InChI is InChI=1S/C35H65O13P/c1-3-5-7-9-11-13-14-16-18-20-22-24-29(37)47-27(25-45-28(36)23-21-19-17-15-12-10-8-6-4-2)26-46-49(43,44)48-35-33(41)31(39)30(38)32(40)34(35)42/h9,11,27,30-35,38-42H,3-8,10,12-26H2,1-2H3,(H,43,44)/b11-9+/t27-,30?,31-,32?,33?,34?,35?/m1/s1. The van der Waals surface area contributed by atoms with Gasteiger partial charge in [-0.1, -0.05) is 109 Å². The van der Waals surface area contributed by atoms with Crippen LogP contribution in [0.25, 0.3) is 0 Å². The number of unbranched alkanes of at least 4 members (excludes halogenated alkanes) is 15. The maximum absolute atomic E-state index is 12.7. The maximum Gasteiger partial charge on any atom is 0.472 e. The third-order valence-electron chi connectivity index (χ3n) is 8.61. The molecule has 1 rings (SSSR count). The number of rotatable bonds is 29. The minimum absolute atomic E-state index is 0.0889. The van der Waals surface area contributed by atoms with E-state index in [2.05, 4.69) is 26.0 Å². The summed E-state index contributed by atoms with van der Waals surface area (Å²) in [5.41, 5.74) is 0. The molecule has 1 aliphatic rings. The molecule has 6 unspecified atom stereocenters. The number of esters is 2. The first kappa shape index (κ1) is 45.6. The Labute approximate surface area is 293 Å². The zero-order chi connectivity index (χ0) is 36.5. The molecule has 0 aromatic heterocycles. The first-order valence-corrected chi connectivity index (χ1v) is 20.0. The third kappa shape index (κ3) is 20.9. The molecule has 13 nitrogen and oxygen atoms in total. The van der Waals surface area contributed by atoms with Crippen LogP contribution in [-0.2, 0) is 32.7 Å². The number of aliphatic hydroxyl groups excluding tert-OH is 5. The van der Waals surface area contributed by atoms with Crippen LogP contribution in [-0.4, -0.2) is 98.3 Å². The Morgan fingerprint density at radius 2 is 1.06 bits per heavy atom. The Morgan fingerprint density at radius 1 is 0.612 bits per heavy atom. The summed E-state index contributed by atoms with van der Waals surface area (Å²) in [4.78, 5) is 35.3. The first-order valence-electron chi connectivity index (χ1n) is 18.5. The lowest BCUT2D eigenvalue weighted by molar-refractivity contribution is -0.220. The monoisotopic (exact) mass is 724 g/mol. The quantitative estimate of drug-likeness (QED) is 0.0255. The average molecular weight is 725 g/mol. The van der Waals surface area contributed by atoms with Crippen molar-refractivity contribution in [2.75, 3.05) is 13.2 Å². The summed E-state index contributed by atoms with van der Waals surface area (Å²) in [6.45, 7) is 3.18. The summed E-state index contributed by atoms with van der Waals surface area (Å²) in [6.07, 6.45) is 10.2. The van der Waals surface area contributed by atoms with Crippen molar-refractivity contribution in [2.45, 2.75) is 185 Å². The van der Waals surface area contributed by atoms with Crippen LogP contribution < -0.4 is 0 Å². The van der Waals surface area contributed by atoms with Crippen molar-refractivity contribution in [3.63, 3.8) is 0 Å². The number of ether oxygens (including phenoxy) is 2. The highest BCUT2D eigenvalue weighted by Crippen LogP contribution is 2.47. The Hall–Kier alpha value is -1.41. The lowest BCUT2D eigenvalue weighted by Gasteiger charge is -2.41. The van der Waals surface area contributed by atoms with Crippen LogP contribution in [0.5, 0.6) is 0 Å². The number of hydrogen-bond acceptors (Lipinski definition) is 12. The smallest absolute Gasteiger partial charge is 0.462 e. The van der Waals surface area contributed by atoms with Crippen LogP contribution in [0.4, 0.5) is 0 Å². The highest BCUT2D eigenvalue weighted by molar-refractivity contribution is 7.47. The number of hydrogen-bond donors (Lipinski definition) is 6. The van der Waals surface area contributed by atoms with Gasteiger partial charge in [0.25, 0.3) is 0 Å². The van der Waals surface area contributed by atoms with E-state index in [1.807, 2.05) is 0 Å². The molecular weight excluding hydrogens is 659 g/mol. The van der Waals surface area contributed by atoms with Crippen LogP contribution in [0, 0.1) is 0 Å². The van der Waals surface area contributed by atoms with Gasteiger partial charge in [0.15, 0.2) is 6.10 Å².